The Bertz CT molecular complexity index is 398. The van der Waals surface area contributed by atoms with Gasteiger partial charge in [-0.25, -0.2) is 4.79 Å². The molecule has 1 aromatic rings. The van der Waals surface area contributed by atoms with Crippen molar-refractivity contribution in [2.24, 2.45) is 0 Å². The molecule has 98 valence electrons. The molecule has 0 radical (unpaired) electrons. The van der Waals surface area contributed by atoms with Crippen LogP contribution in [0.5, 0.6) is 0 Å². The second-order valence-corrected chi connectivity index (χ2v) is 4.38. The molecule has 0 atom stereocenters. The maximum atomic E-state index is 11.2. The monoisotopic (exact) mass is 247 g/mol. The number of nitrogens with zero attached hydrogens (tertiary/aromatic N) is 1. The molecule has 1 aromatic carbocycles. The molecule has 0 aliphatic carbocycles. The summed E-state index contributed by atoms with van der Waals surface area (Å²) in [6, 6.07) is 10.4. The first-order valence-corrected chi connectivity index (χ1v) is 6.11. The fourth-order valence-corrected chi connectivity index (χ4v) is 1.59. The molecule has 0 bridgehead atoms. The smallest absolute Gasteiger partial charge is 0.333 e. The van der Waals surface area contributed by atoms with Crippen molar-refractivity contribution in [1.29, 1.82) is 0 Å². The van der Waals surface area contributed by atoms with Gasteiger partial charge in [0.1, 0.15) is 0 Å². The van der Waals surface area contributed by atoms with Gasteiger partial charge in [0.05, 0.1) is 7.11 Å². The quantitative estimate of drug-likeness (QED) is 0.570. The SMILES string of the molecule is COC(=O)C(C)=CCN(C)CCc1ccccc1. The van der Waals surface area contributed by atoms with Crippen molar-refractivity contribution in [3.8, 4) is 0 Å². The maximum absolute atomic E-state index is 11.2. The fraction of sp³-hybridized carbons (Fsp3) is 0.400. The second kappa shape index (κ2) is 7.67. The first-order chi connectivity index (χ1) is 8.63. The van der Waals surface area contributed by atoms with Crippen LogP contribution in [0.1, 0.15) is 12.5 Å². The van der Waals surface area contributed by atoms with Gasteiger partial charge in [-0.15, -0.1) is 0 Å². The van der Waals surface area contributed by atoms with Gasteiger partial charge in [0.25, 0.3) is 0 Å². The van der Waals surface area contributed by atoms with Gasteiger partial charge in [-0.3, -0.25) is 0 Å². The summed E-state index contributed by atoms with van der Waals surface area (Å²) in [4.78, 5) is 13.4. The van der Waals surface area contributed by atoms with Crippen LogP contribution >= 0.6 is 0 Å². The van der Waals surface area contributed by atoms with E-state index in [0.717, 1.165) is 19.5 Å². The molecule has 18 heavy (non-hydrogen) atoms. The molecular formula is C15H21NO2. The van der Waals surface area contributed by atoms with E-state index in [2.05, 4.69) is 33.9 Å². The summed E-state index contributed by atoms with van der Waals surface area (Å²) < 4.78 is 4.65. The van der Waals surface area contributed by atoms with Crippen molar-refractivity contribution in [1.82, 2.24) is 4.90 Å². The van der Waals surface area contributed by atoms with Crippen molar-refractivity contribution in [2.45, 2.75) is 13.3 Å². The van der Waals surface area contributed by atoms with E-state index in [9.17, 15) is 4.79 Å². The van der Waals surface area contributed by atoms with Crippen LogP contribution in [0.15, 0.2) is 42.0 Å². The third kappa shape index (κ3) is 5.15. The highest BCUT2D eigenvalue weighted by atomic mass is 16.5. The number of carbonyl (C=O) groups is 1. The van der Waals surface area contributed by atoms with Gasteiger partial charge in [0.2, 0.25) is 0 Å². The third-order valence-corrected chi connectivity index (χ3v) is 2.84. The lowest BCUT2D eigenvalue weighted by Crippen LogP contribution is -2.22. The first kappa shape index (κ1) is 14.5. The van der Waals surface area contributed by atoms with Crippen LogP contribution in [0.2, 0.25) is 0 Å². The molecular weight excluding hydrogens is 226 g/mol. The molecule has 3 nitrogen and oxygen atoms in total. The standard InChI is InChI=1S/C15H21NO2/c1-13(15(17)18-3)9-11-16(2)12-10-14-7-5-4-6-8-14/h4-9H,10-12H2,1-3H3. The summed E-state index contributed by atoms with van der Waals surface area (Å²) in [6.07, 6.45) is 2.92. The van der Waals surface area contributed by atoms with Crippen LogP contribution < -0.4 is 0 Å². The van der Waals surface area contributed by atoms with Crippen LogP contribution in [0.3, 0.4) is 0 Å². The Kier molecular flexibility index (Phi) is 6.15. The minimum Gasteiger partial charge on any atom is -0.466 e. The highest BCUT2D eigenvalue weighted by Crippen LogP contribution is 2.01. The average molecular weight is 247 g/mol. The van der Waals surface area contributed by atoms with Crippen LogP contribution in [-0.2, 0) is 16.0 Å². The highest BCUT2D eigenvalue weighted by molar-refractivity contribution is 5.87. The number of esters is 1. The number of methoxy groups -OCH3 is 1. The Balaban J connectivity index is 2.34. The molecule has 3 heteroatoms. The minimum atomic E-state index is -0.258. The lowest BCUT2D eigenvalue weighted by Gasteiger charge is -2.14. The van der Waals surface area contributed by atoms with Gasteiger partial charge in [-0.2, -0.15) is 0 Å². The lowest BCUT2D eigenvalue weighted by atomic mass is 10.1. The summed E-state index contributed by atoms with van der Waals surface area (Å²) in [6.45, 7) is 3.50. The summed E-state index contributed by atoms with van der Waals surface area (Å²) in [7, 11) is 3.45. The van der Waals surface area contributed by atoms with Crippen molar-refractivity contribution in [3.63, 3.8) is 0 Å². The molecule has 1 rings (SSSR count). The predicted octanol–water partition coefficient (Wildman–Crippen LogP) is 2.28. The number of hydrogen-bond acceptors (Lipinski definition) is 3. The molecule has 0 aliphatic heterocycles. The Labute approximate surface area is 109 Å². The van der Waals surface area contributed by atoms with Crippen LogP contribution in [-0.4, -0.2) is 38.1 Å². The van der Waals surface area contributed by atoms with E-state index in [-0.39, 0.29) is 5.97 Å². The van der Waals surface area contributed by atoms with Crippen molar-refractivity contribution in [2.75, 3.05) is 27.2 Å². The van der Waals surface area contributed by atoms with Gasteiger partial charge < -0.3 is 9.64 Å². The van der Waals surface area contributed by atoms with Gasteiger partial charge in [-0.05, 0) is 26.0 Å². The normalized spacial score (nSPS) is 11.7. The Hall–Kier alpha value is -1.61. The van der Waals surface area contributed by atoms with E-state index < -0.39 is 0 Å². The van der Waals surface area contributed by atoms with Crippen molar-refractivity contribution in [3.05, 3.63) is 47.5 Å². The van der Waals surface area contributed by atoms with E-state index in [4.69, 9.17) is 0 Å². The molecule has 0 aliphatic rings. The highest BCUT2D eigenvalue weighted by Gasteiger charge is 2.03. The third-order valence-electron chi connectivity index (χ3n) is 2.84. The summed E-state index contributed by atoms with van der Waals surface area (Å²) >= 11 is 0. The van der Waals surface area contributed by atoms with Gasteiger partial charge in [0.15, 0.2) is 0 Å². The molecule has 0 saturated heterocycles. The Morgan fingerprint density at radius 3 is 2.61 bits per heavy atom. The number of carbonyl (C=O) groups excluding carboxylic acids is 1. The van der Waals surface area contributed by atoms with Crippen molar-refractivity contribution < 1.29 is 9.53 Å². The first-order valence-electron chi connectivity index (χ1n) is 6.11. The van der Waals surface area contributed by atoms with Gasteiger partial charge in [-0.1, -0.05) is 36.4 Å². The topological polar surface area (TPSA) is 29.5 Å². The minimum absolute atomic E-state index is 0.258. The lowest BCUT2D eigenvalue weighted by molar-refractivity contribution is -0.136. The van der Waals surface area contributed by atoms with Crippen LogP contribution in [0, 0.1) is 0 Å². The number of likely N-dealkylation sites (N-methyl/N-ethyl adjacent to an activating group) is 1. The largest absolute Gasteiger partial charge is 0.466 e. The van der Waals surface area contributed by atoms with E-state index in [0.29, 0.717) is 5.57 Å². The van der Waals surface area contributed by atoms with Crippen LogP contribution in [0.25, 0.3) is 0 Å². The predicted molar refractivity (Wildman–Crippen MR) is 73.4 cm³/mol. The maximum Gasteiger partial charge on any atom is 0.333 e. The molecule has 0 aromatic heterocycles. The zero-order valence-corrected chi connectivity index (χ0v) is 11.3. The zero-order chi connectivity index (χ0) is 13.4. The van der Waals surface area contributed by atoms with Crippen LogP contribution in [0.4, 0.5) is 0 Å². The van der Waals surface area contributed by atoms with Gasteiger partial charge >= 0.3 is 5.97 Å². The average Bonchev–Trinajstić information content (AvgIpc) is 2.42. The summed E-state index contributed by atoms with van der Waals surface area (Å²) in [5.41, 5.74) is 1.99. The van der Waals surface area contributed by atoms with Crippen molar-refractivity contribution >= 4 is 5.97 Å². The van der Waals surface area contributed by atoms with Gasteiger partial charge in [0, 0.05) is 18.7 Å². The van der Waals surface area contributed by atoms with E-state index >= 15 is 0 Å². The Morgan fingerprint density at radius 2 is 2.00 bits per heavy atom. The zero-order valence-electron chi connectivity index (χ0n) is 11.3. The molecule has 0 fully saturated rings. The summed E-state index contributed by atoms with van der Waals surface area (Å²) in [5, 5.41) is 0. The summed E-state index contributed by atoms with van der Waals surface area (Å²) in [5.74, 6) is -0.258. The molecule has 0 unspecified atom stereocenters. The molecule has 0 spiro atoms. The Morgan fingerprint density at radius 1 is 1.33 bits per heavy atom. The van der Waals surface area contributed by atoms with E-state index in [1.54, 1.807) is 6.92 Å². The molecule has 0 heterocycles. The molecule has 0 N–H and O–H groups in total. The number of hydrogen-bond donors (Lipinski definition) is 0. The molecule has 0 amide bonds. The number of benzene rings is 1. The fourth-order valence-electron chi connectivity index (χ4n) is 1.59. The van der Waals surface area contributed by atoms with E-state index in [1.807, 2.05) is 19.2 Å². The second-order valence-electron chi connectivity index (χ2n) is 4.38. The number of rotatable bonds is 6. The molecule has 0 saturated carbocycles. The van der Waals surface area contributed by atoms with E-state index in [1.165, 1.54) is 12.7 Å². The number of ether oxygens (including phenoxy) is 1.